The van der Waals surface area contributed by atoms with Gasteiger partial charge in [-0.15, -0.1) is 16.4 Å². The molecule has 0 radical (unpaired) electrons. The molecule has 9 heteroatoms. The van der Waals surface area contributed by atoms with Crippen LogP contribution < -0.4 is 5.76 Å². The summed E-state index contributed by atoms with van der Waals surface area (Å²) in [6, 6.07) is 9.96. The second-order valence-electron chi connectivity index (χ2n) is 6.42. The number of rotatable bonds is 5. The van der Waals surface area contributed by atoms with E-state index in [0.29, 0.717) is 12.2 Å². The number of nitrogens with zero attached hydrogens (tertiary/aromatic N) is 4. The molecule has 6 nitrogen and oxygen atoms in total. The minimum Gasteiger partial charge on any atom is -0.388 e. The Balaban J connectivity index is 1.35. The zero-order chi connectivity index (χ0) is 18.8. The van der Waals surface area contributed by atoms with Gasteiger partial charge in [0.25, 0.3) is 0 Å². The van der Waals surface area contributed by atoms with E-state index in [2.05, 4.69) is 43.0 Å². The lowest BCUT2D eigenvalue weighted by Crippen LogP contribution is -2.47. The quantitative estimate of drug-likeness (QED) is 0.594. The zero-order valence-corrected chi connectivity index (χ0v) is 16.9. The van der Waals surface area contributed by atoms with Crippen LogP contribution in [0.5, 0.6) is 0 Å². The molecule has 4 rings (SSSR count). The van der Waals surface area contributed by atoms with E-state index in [9.17, 15) is 9.18 Å². The Labute approximate surface area is 167 Å². The van der Waals surface area contributed by atoms with Gasteiger partial charge in [0.05, 0.1) is 3.79 Å². The summed E-state index contributed by atoms with van der Waals surface area (Å²) >= 11 is 5.26. The summed E-state index contributed by atoms with van der Waals surface area (Å²) in [6.45, 7) is 4.93. The largest absolute Gasteiger partial charge is 0.438 e. The first-order valence-electron chi connectivity index (χ1n) is 8.59. The number of benzene rings is 1. The Kier molecular flexibility index (Phi) is 5.53. The Morgan fingerprint density at radius 1 is 1.07 bits per heavy atom. The van der Waals surface area contributed by atoms with Crippen LogP contribution in [0, 0.1) is 5.82 Å². The van der Waals surface area contributed by atoms with Crippen LogP contribution in [0.2, 0.25) is 0 Å². The molecule has 0 unspecified atom stereocenters. The van der Waals surface area contributed by atoms with Gasteiger partial charge in [-0.05, 0) is 52.3 Å². The molecule has 0 amide bonds. The van der Waals surface area contributed by atoms with E-state index >= 15 is 0 Å². The highest BCUT2D eigenvalue weighted by atomic mass is 79.9. The molecule has 0 spiro atoms. The summed E-state index contributed by atoms with van der Waals surface area (Å²) in [4.78, 5) is 18.0. The van der Waals surface area contributed by atoms with Crippen molar-refractivity contribution in [2.24, 2.45) is 0 Å². The third-order valence-electron chi connectivity index (χ3n) is 4.50. The minimum absolute atomic E-state index is 0.210. The van der Waals surface area contributed by atoms with E-state index in [4.69, 9.17) is 4.42 Å². The monoisotopic (exact) mass is 452 g/mol. The standard InChI is InChI=1S/C18H18BrFN4O2S/c19-16-6-5-15(27-16)11-22-7-9-23(10-8-22)12-24-18(25)26-17(21-24)13-1-3-14(20)4-2-13/h1-6H,7-12H2. The van der Waals surface area contributed by atoms with Crippen LogP contribution >= 0.6 is 27.3 Å². The van der Waals surface area contributed by atoms with Gasteiger partial charge < -0.3 is 4.42 Å². The van der Waals surface area contributed by atoms with Gasteiger partial charge in [0, 0.05) is 43.2 Å². The highest BCUT2D eigenvalue weighted by molar-refractivity contribution is 9.11. The predicted molar refractivity (Wildman–Crippen MR) is 105 cm³/mol. The molecule has 0 atom stereocenters. The van der Waals surface area contributed by atoms with Gasteiger partial charge in [-0.1, -0.05) is 0 Å². The van der Waals surface area contributed by atoms with E-state index < -0.39 is 5.76 Å². The normalized spacial score (nSPS) is 16.1. The third-order valence-corrected chi connectivity index (χ3v) is 6.11. The molecular formula is C18H18BrFN4O2S. The molecule has 0 saturated carbocycles. The molecule has 142 valence electrons. The fourth-order valence-corrected chi connectivity index (χ4v) is 4.57. The summed E-state index contributed by atoms with van der Waals surface area (Å²) in [5.74, 6) is -0.629. The molecule has 1 aromatic carbocycles. The minimum atomic E-state index is -0.500. The molecule has 2 aromatic heterocycles. The van der Waals surface area contributed by atoms with Crippen LogP contribution in [-0.4, -0.2) is 45.8 Å². The lowest BCUT2D eigenvalue weighted by atomic mass is 10.2. The molecule has 0 bridgehead atoms. The Hall–Kier alpha value is -1.81. The Morgan fingerprint density at radius 3 is 2.44 bits per heavy atom. The number of thiophene rings is 1. The van der Waals surface area contributed by atoms with Crippen LogP contribution in [-0.2, 0) is 13.2 Å². The summed E-state index contributed by atoms with van der Waals surface area (Å²) in [5.41, 5.74) is 0.583. The highest BCUT2D eigenvalue weighted by Gasteiger charge is 2.20. The Morgan fingerprint density at radius 2 is 1.78 bits per heavy atom. The topological polar surface area (TPSA) is 54.5 Å². The van der Waals surface area contributed by atoms with Crippen molar-refractivity contribution in [3.8, 4) is 11.5 Å². The number of piperazine rings is 1. The number of hydrogen-bond acceptors (Lipinski definition) is 6. The van der Waals surface area contributed by atoms with Crippen LogP contribution in [0.25, 0.3) is 11.5 Å². The van der Waals surface area contributed by atoms with Crippen LogP contribution in [0.1, 0.15) is 4.88 Å². The van der Waals surface area contributed by atoms with Crippen molar-refractivity contribution in [1.82, 2.24) is 19.6 Å². The first kappa shape index (κ1) is 18.5. The maximum absolute atomic E-state index is 13.0. The van der Waals surface area contributed by atoms with E-state index in [1.807, 2.05) is 0 Å². The molecule has 0 aliphatic carbocycles. The van der Waals surface area contributed by atoms with Gasteiger partial charge in [-0.3, -0.25) is 9.80 Å². The maximum Gasteiger partial charge on any atom is 0.438 e. The van der Waals surface area contributed by atoms with Crippen molar-refractivity contribution in [3.05, 3.63) is 61.4 Å². The van der Waals surface area contributed by atoms with Gasteiger partial charge >= 0.3 is 5.76 Å². The van der Waals surface area contributed by atoms with E-state index in [1.165, 1.54) is 21.7 Å². The molecular weight excluding hydrogens is 435 g/mol. The SMILES string of the molecule is O=c1oc(-c2ccc(F)cc2)nn1CN1CCN(Cc2ccc(Br)s2)CC1. The Bertz CT molecular complexity index is 960. The molecule has 1 fully saturated rings. The molecule has 3 heterocycles. The molecule has 27 heavy (non-hydrogen) atoms. The molecule has 0 N–H and O–H groups in total. The molecule has 3 aromatic rings. The van der Waals surface area contributed by atoms with Crippen molar-refractivity contribution in [2.75, 3.05) is 26.2 Å². The number of halogens is 2. The van der Waals surface area contributed by atoms with Crippen LogP contribution in [0.4, 0.5) is 4.39 Å². The summed E-state index contributed by atoms with van der Waals surface area (Å²) in [6.07, 6.45) is 0. The maximum atomic E-state index is 13.0. The van der Waals surface area contributed by atoms with Crippen molar-refractivity contribution < 1.29 is 8.81 Å². The van der Waals surface area contributed by atoms with Gasteiger partial charge in [0.2, 0.25) is 5.89 Å². The van der Waals surface area contributed by atoms with Crippen LogP contribution in [0.3, 0.4) is 0 Å². The first-order valence-corrected chi connectivity index (χ1v) is 10.2. The second-order valence-corrected chi connectivity index (χ2v) is 8.97. The van der Waals surface area contributed by atoms with Gasteiger partial charge in [0.1, 0.15) is 12.5 Å². The summed E-state index contributed by atoms with van der Waals surface area (Å²) < 4.78 is 20.7. The number of aromatic nitrogens is 2. The highest BCUT2D eigenvalue weighted by Crippen LogP contribution is 2.23. The molecule has 1 saturated heterocycles. The average molecular weight is 453 g/mol. The lowest BCUT2D eigenvalue weighted by Gasteiger charge is -2.33. The number of hydrogen-bond donors (Lipinski definition) is 0. The fourth-order valence-electron chi connectivity index (χ4n) is 3.04. The summed E-state index contributed by atoms with van der Waals surface area (Å²) in [5, 5.41) is 4.25. The van der Waals surface area contributed by atoms with Crippen molar-refractivity contribution >= 4 is 27.3 Å². The van der Waals surface area contributed by atoms with E-state index in [1.54, 1.807) is 23.5 Å². The fraction of sp³-hybridized carbons (Fsp3) is 0.333. The van der Waals surface area contributed by atoms with Crippen molar-refractivity contribution in [1.29, 1.82) is 0 Å². The first-order chi connectivity index (χ1) is 13.1. The lowest BCUT2D eigenvalue weighted by molar-refractivity contribution is 0.0970. The van der Waals surface area contributed by atoms with E-state index in [0.717, 1.165) is 36.5 Å². The molecule has 1 aliphatic rings. The van der Waals surface area contributed by atoms with Crippen molar-refractivity contribution in [2.45, 2.75) is 13.2 Å². The van der Waals surface area contributed by atoms with Crippen LogP contribution in [0.15, 0.2) is 49.4 Å². The summed E-state index contributed by atoms with van der Waals surface area (Å²) in [7, 11) is 0. The van der Waals surface area contributed by atoms with Crippen molar-refractivity contribution in [3.63, 3.8) is 0 Å². The predicted octanol–water partition coefficient (Wildman–Crippen LogP) is 3.24. The molecule has 1 aliphatic heterocycles. The average Bonchev–Trinajstić information content (AvgIpc) is 3.23. The second kappa shape index (κ2) is 8.05. The van der Waals surface area contributed by atoms with Gasteiger partial charge in [0.15, 0.2) is 0 Å². The van der Waals surface area contributed by atoms with Gasteiger partial charge in [-0.2, -0.15) is 4.68 Å². The van der Waals surface area contributed by atoms with E-state index in [-0.39, 0.29) is 11.7 Å². The smallest absolute Gasteiger partial charge is 0.388 e. The zero-order valence-electron chi connectivity index (χ0n) is 14.5. The third kappa shape index (κ3) is 4.55. The van der Waals surface area contributed by atoms with Gasteiger partial charge in [-0.25, -0.2) is 9.18 Å².